The van der Waals surface area contributed by atoms with Crippen LogP contribution in [-0.4, -0.2) is 6.04 Å². The first-order valence-electron chi connectivity index (χ1n) is 4.58. The summed E-state index contributed by atoms with van der Waals surface area (Å²) in [5, 5.41) is 2.27. The molecule has 1 aromatic rings. The van der Waals surface area contributed by atoms with E-state index in [0.717, 1.165) is 0 Å². The molecule has 1 nitrogen and oxygen atoms in total. The fraction of sp³-hybridized carbons (Fsp3) is 0.600. The second-order valence-electron chi connectivity index (χ2n) is 3.69. The number of hydrogen-bond acceptors (Lipinski definition) is 2. The van der Waals surface area contributed by atoms with E-state index in [4.69, 9.17) is 5.73 Å². The maximum Gasteiger partial charge on any atom is 0.0108 e. The third-order valence-electron chi connectivity index (χ3n) is 2.75. The summed E-state index contributed by atoms with van der Waals surface area (Å²) in [6, 6.07) is 2.71. The Hall–Kier alpha value is -0.340. The minimum absolute atomic E-state index is 0.416. The van der Waals surface area contributed by atoms with E-state index in [0.29, 0.717) is 12.0 Å². The molecule has 0 saturated heterocycles. The van der Waals surface area contributed by atoms with Crippen LogP contribution in [0.1, 0.15) is 35.6 Å². The highest BCUT2D eigenvalue weighted by atomic mass is 32.1. The Morgan fingerprint density at radius 2 is 2.33 bits per heavy atom. The molecule has 1 aromatic heterocycles. The smallest absolute Gasteiger partial charge is 0.0108 e. The van der Waals surface area contributed by atoms with Crippen molar-refractivity contribution in [2.24, 2.45) is 5.73 Å². The molecule has 2 heteroatoms. The Morgan fingerprint density at radius 3 is 2.83 bits per heavy atom. The van der Waals surface area contributed by atoms with Gasteiger partial charge in [0.15, 0.2) is 0 Å². The molecular formula is C10H15NS. The van der Waals surface area contributed by atoms with Crippen LogP contribution in [0.2, 0.25) is 0 Å². The average Bonchev–Trinajstić information content (AvgIpc) is 2.58. The zero-order valence-electron chi connectivity index (χ0n) is 7.42. The van der Waals surface area contributed by atoms with Crippen molar-refractivity contribution >= 4 is 11.3 Å². The van der Waals surface area contributed by atoms with Crippen LogP contribution >= 0.6 is 11.3 Å². The average molecular weight is 181 g/mol. The van der Waals surface area contributed by atoms with Crippen LogP contribution in [0.5, 0.6) is 0 Å². The highest BCUT2D eigenvalue weighted by Gasteiger charge is 2.25. The summed E-state index contributed by atoms with van der Waals surface area (Å²) in [4.78, 5) is 1.41. The predicted octanol–water partition coefficient (Wildman–Crippen LogP) is 2.65. The van der Waals surface area contributed by atoms with Crippen LogP contribution in [0.15, 0.2) is 11.4 Å². The molecule has 0 aliphatic heterocycles. The highest BCUT2D eigenvalue weighted by Crippen LogP contribution is 2.35. The number of hydrogen-bond donors (Lipinski definition) is 1. The highest BCUT2D eigenvalue weighted by molar-refractivity contribution is 7.10. The first-order chi connectivity index (χ1) is 5.77. The van der Waals surface area contributed by atoms with Crippen LogP contribution in [0.25, 0.3) is 0 Å². The van der Waals surface area contributed by atoms with Gasteiger partial charge in [-0.05, 0) is 42.7 Å². The van der Waals surface area contributed by atoms with Gasteiger partial charge in [0.25, 0.3) is 0 Å². The van der Waals surface area contributed by atoms with Crippen LogP contribution in [0, 0.1) is 6.92 Å². The van der Waals surface area contributed by atoms with Crippen molar-refractivity contribution in [3.63, 3.8) is 0 Å². The van der Waals surface area contributed by atoms with Gasteiger partial charge in [0.05, 0.1) is 0 Å². The molecule has 2 atom stereocenters. The monoisotopic (exact) mass is 181 g/mol. The summed E-state index contributed by atoms with van der Waals surface area (Å²) in [5.41, 5.74) is 7.50. The lowest BCUT2D eigenvalue weighted by atomic mass is 9.97. The first-order valence-corrected chi connectivity index (χ1v) is 5.46. The summed E-state index contributed by atoms with van der Waals surface area (Å²) in [6.07, 6.45) is 3.80. The number of rotatable bonds is 1. The minimum Gasteiger partial charge on any atom is -0.327 e. The van der Waals surface area contributed by atoms with Gasteiger partial charge in [0, 0.05) is 10.9 Å². The van der Waals surface area contributed by atoms with E-state index in [9.17, 15) is 0 Å². The third-order valence-corrected chi connectivity index (χ3v) is 3.63. The van der Waals surface area contributed by atoms with Gasteiger partial charge in [-0.1, -0.05) is 6.42 Å². The van der Waals surface area contributed by atoms with Crippen molar-refractivity contribution in [2.75, 3.05) is 0 Å². The zero-order chi connectivity index (χ0) is 8.55. The van der Waals surface area contributed by atoms with Crippen LogP contribution < -0.4 is 5.73 Å². The molecule has 1 saturated carbocycles. The summed E-state index contributed by atoms with van der Waals surface area (Å²) >= 11 is 1.84. The van der Waals surface area contributed by atoms with Gasteiger partial charge in [0.2, 0.25) is 0 Å². The van der Waals surface area contributed by atoms with Gasteiger partial charge in [-0.3, -0.25) is 0 Å². The minimum atomic E-state index is 0.416. The molecule has 0 aromatic carbocycles. The summed E-state index contributed by atoms with van der Waals surface area (Å²) in [6.45, 7) is 2.16. The maximum absolute atomic E-state index is 6.02. The summed E-state index contributed by atoms with van der Waals surface area (Å²) < 4.78 is 0. The van der Waals surface area contributed by atoms with Gasteiger partial charge in [-0.15, -0.1) is 11.3 Å². The van der Waals surface area contributed by atoms with E-state index < -0.39 is 0 Å². The normalized spacial score (nSPS) is 29.5. The molecule has 12 heavy (non-hydrogen) atoms. The molecule has 2 N–H and O–H groups in total. The van der Waals surface area contributed by atoms with Crippen molar-refractivity contribution in [3.05, 3.63) is 21.9 Å². The maximum atomic E-state index is 6.02. The lowest BCUT2D eigenvalue weighted by Crippen LogP contribution is -2.22. The van der Waals surface area contributed by atoms with E-state index in [2.05, 4.69) is 18.4 Å². The van der Waals surface area contributed by atoms with Crippen LogP contribution in [-0.2, 0) is 0 Å². The molecular weight excluding hydrogens is 166 g/mol. The summed E-state index contributed by atoms with van der Waals surface area (Å²) in [7, 11) is 0. The van der Waals surface area contributed by atoms with Gasteiger partial charge in [-0.2, -0.15) is 0 Å². The van der Waals surface area contributed by atoms with Crippen molar-refractivity contribution < 1.29 is 0 Å². The Morgan fingerprint density at radius 1 is 1.50 bits per heavy atom. The molecule has 0 radical (unpaired) electrons. The SMILES string of the molecule is Cc1cc(C2CCCC2N)cs1. The van der Waals surface area contributed by atoms with Crippen molar-refractivity contribution in [1.29, 1.82) is 0 Å². The van der Waals surface area contributed by atoms with E-state index in [1.165, 1.54) is 29.7 Å². The Labute approximate surface area is 77.6 Å². The van der Waals surface area contributed by atoms with Crippen molar-refractivity contribution in [2.45, 2.75) is 38.1 Å². The fourth-order valence-electron chi connectivity index (χ4n) is 2.06. The summed E-state index contributed by atoms with van der Waals surface area (Å²) in [5.74, 6) is 0.648. The Balaban J connectivity index is 2.19. The molecule has 2 unspecified atom stereocenters. The molecule has 1 fully saturated rings. The molecule has 1 heterocycles. The first kappa shape index (κ1) is 8.27. The third kappa shape index (κ3) is 1.41. The fourth-order valence-corrected chi connectivity index (χ4v) is 2.83. The van der Waals surface area contributed by atoms with Gasteiger partial charge in [0.1, 0.15) is 0 Å². The van der Waals surface area contributed by atoms with Crippen molar-refractivity contribution in [3.8, 4) is 0 Å². The molecule has 0 bridgehead atoms. The van der Waals surface area contributed by atoms with Gasteiger partial charge in [-0.25, -0.2) is 0 Å². The van der Waals surface area contributed by atoms with Gasteiger partial charge >= 0.3 is 0 Å². The standard InChI is InChI=1S/C10H15NS/c1-7-5-8(6-12-7)9-3-2-4-10(9)11/h5-6,9-10H,2-4,11H2,1H3. The van der Waals surface area contributed by atoms with E-state index in [1.54, 1.807) is 0 Å². The zero-order valence-corrected chi connectivity index (χ0v) is 8.23. The Kier molecular flexibility index (Phi) is 2.20. The second kappa shape index (κ2) is 3.19. The number of aryl methyl sites for hydroxylation is 1. The Bertz CT molecular complexity index is 267. The number of nitrogens with two attached hydrogens (primary N) is 1. The molecule has 66 valence electrons. The predicted molar refractivity (Wildman–Crippen MR) is 53.6 cm³/mol. The lowest BCUT2D eigenvalue weighted by Gasteiger charge is -2.12. The quantitative estimate of drug-likeness (QED) is 0.708. The van der Waals surface area contributed by atoms with Gasteiger partial charge < -0.3 is 5.73 Å². The lowest BCUT2D eigenvalue weighted by molar-refractivity contribution is 0.614. The largest absolute Gasteiger partial charge is 0.327 e. The second-order valence-corrected chi connectivity index (χ2v) is 4.81. The van der Waals surface area contributed by atoms with E-state index in [1.807, 2.05) is 11.3 Å². The molecule has 1 aliphatic rings. The molecule has 0 spiro atoms. The van der Waals surface area contributed by atoms with Crippen molar-refractivity contribution in [1.82, 2.24) is 0 Å². The molecule has 2 rings (SSSR count). The van der Waals surface area contributed by atoms with Crippen LogP contribution in [0.4, 0.5) is 0 Å². The van der Waals surface area contributed by atoms with E-state index in [-0.39, 0.29) is 0 Å². The molecule has 0 amide bonds. The molecule has 1 aliphatic carbocycles. The topological polar surface area (TPSA) is 26.0 Å². The van der Waals surface area contributed by atoms with E-state index >= 15 is 0 Å². The van der Waals surface area contributed by atoms with Crippen LogP contribution in [0.3, 0.4) is 0 Å². The number of thiophene rings is 1.